The Balaban J connectivity index is 4.69. The largest absolute Gasteiger partial charge is 0.500 e. The quantitative estimate of drug-likeness (QED) is 0.360. The number of rotatable bonds is 15. The molecule has 0 aromatic heterocycles. The fraction of sp³-hybridized carbons (Fsp3) is 1.00. The monoisotopic (exact) mass is 419 g/mol. The lowest BCUT2D eigenvalue weighted by molar-refractivity contribution is 0.121. The first-order chi connectivity index (χ1) is 11.7. The Labute approximate surface area is 154 Å². The molecule has 152 valence electrons. The van der Waals surface area contributed by atoms with Crippen LogP contribution in [0, 0.1) is 0 Å². The van der Waals surface area contributed by atoms with Gasteiger partial charge in [-0.3, -0.25) is 0 Å². The Morgan fingerprint density at radius 3 is 1.16 bits per heavy atom. The van der Waals surface area contributed by atoms with Crippen molar-refractivity contribution in [3.8, 4) is 0 Å². The number of hydrogen-bond donors (Lipinski definition) is 0. The van der Waals surface area contributed by atoms with Crippen LogP contribution in [0.5, 0.6) is 0 Å². The van der Waals surface area contributed by atoms with E-state index in [2.05, 4.69) is 0 Å². The topological polar surface area (TPSA) is 92.8 Å². The highest BCUT2D eigenvalue weighted by molar-refractivity contribution is 7.88. The van der Waals surface area contributed by atoms with Gasteiger partial charge in [0.1, 0.15) is 0 Å². The molecule has 25 heavy (non-hydrogen) atoms. The summed E-state index contributed by atoms with van der Waals surface area (Å²) in [5, 5.41) is 0. The molecule has 0 radical (unpaired) electrons. The Kier molecular flexibility index (Phi) is 11.8. The summed E-state index contributed by atoms with van der Waals surface area (Å²) in [6.45, 7) is 0.732. The van der Waals surface area contributed by atoms with Gasteiger partial charge in [0.05, 0.1) is 6.26 Å². The highest BCUT2D eigenvalue weighted by atomic mass is 32.2. The molecule has 0 bridgehead atoms. The third-order valence-corrected chi connectivity index (χ3v) is 11.1. The Morgan fingerprint density at radius 1 is 0.680 bits per heavy atom. The highest BCUT2D eigenvalue weighted by Gasteiger charge is 2.38. The van der Waals surface area contributed by atoms with Crippen molar-refractivity contribution in [1.29, 1.82) is 0 Å². The summed E-state index contributed by atoms with van der Waals surface area (Å²) in [7, 11) is 0.524. The summed E-state index contributed by atoms with van der Waals surface area (Å²) in [6, 6.07) is 1.07. The van der Waals surface area contributed by atoms with Crippen LogP contribution in [0.15, 0.2) is 0 Å². The minimum atomic E-state index is -3.32. The van der Waals surface area contributed by atoms with Crippen LogP contribution in [-0.2, 0) is 36.6 Å². The summed E-state index contributed by atoms with van der Waals surface area (Å²) in [5.41, 5.74) is 0. The van der Waals surface area contributed by atoms with E-state index in [1.54, 1.807) is 0 Å². The Morgan fingerprint density at radius 2 is 0.960 bits per heavy atom. The Hall–Kier alpha value is 0.104. The molecule has 0 spiro atoms. The minimum Gasteiger partial charge on any atom is -0.377 e. The van der Waals surface area contributed by atoms with Gasteiger partial charge in [-0.15, -0.1) is 0 Å². The molecule has 0 aliphatic carbocycles. The second-order valence-corrected chi connectivity index (χ2v) is 13.6. The van der Waals surface area contributed by atoms with Crippen LogP contribution >= 0.6 is 0 Å². The summed E-state index contributed by atoms with van der Waals surface area (Å²) in [5.74, 6) is 0. The van der Waals surface area contributed by atoms with Crippen molar-refractivity contribution in [1.82, 2.24) is 4.31 Å². The predicted octanol–water partition coefficient (Wildman–Crippen LogP) is 0.784. The van der Waals surface area contributed by atoms with E-state index in [1.165, 1.54) is 53.2 Å². The molecule has 0 aromatic rings. The fourth-order valence-electron chi connectivity index (χ4n) is 2.50. The van der Waals surface area contributed by atoms with Crippen LogP contribution in [0.4, 0.5) is 0 Å². The average Bonchev–Trinajstić information content (AvgIpc) is 2.61. The maximum atomic E-state index is 12.0. The van der Waals surface area contributed by atoms with Crippen LogP contribution in [-0.4, -0.2) is 92.3 Å². The minimum absolute atomic E-state index is 0.366. The third kappa shape index (κ3) is 8.11. The maximum absolute atomic E-state index is 12.0. The predicted molar refractivity (Wildman–Crippen MR) is 98.8 cm³/mol. The van der Waals surface area contributed by atoms with Gasteiger partial charge in [0.25, 0.3) is 0 Å². The van der Waals surface area contributed by atoms with Gasteiger partial charge in [-0.1, -0.05) is 0 Å². The molecule has 0 amide bonds. The summed E-state index contributed by atoms with van der Waals surface area (Å²) in [4.78, 5) is 0. The smallest absolute Gasteiger partial charge is 0.377 e. The Bertz CT molecular complexity index is 414. The van der Waals surface area contributed by atoms with Gasteiger partial charge in [-0.2, -0.15) is 0 Å². The lowest BCUT2D eigenvalue weighted by atomic mass is 10.4. The van der Waals surface area contributed by atoms with Crippen LogP contribution in [0.2, 0.25) is 12.1 Å². The van der Waals surface area contributed by atoms with Gasteiger partial charge in [-0.25, -0.2) is 12.7 Å². The molecule has 0 N–H and O–H groups in total. The number of sulfonamides is 1. The fourth-order valence-corrected chi connectivity index (χ4v) is 6.83. The molecule has 0 saturated heterocycles. The normalized spacial score (nSPS) is 13.6. The van der Waals surface area contributed by atoms with Gasteiger partial charge in [0.2, 0.25) is 10.0 Å². The third-order valence-electron chi connectivity index (χ3n) is 4.12. The lowest BCUT2D eigenvalue weighted by Crippen LogP contribution is -2.44. The van der Waals surface area contributed by atoms with E-state index in [0.717, 1.165) is 0 Å². The van der Waals surface area contributed by atoms with Crippen LogP contribution in [0.25, 0.3) is 0 Å². The molecule has 0 saturated carbocycles. The van der Waals surface area contributed by atoms with Crippen molar-refractivity contribution < 1.29 is 35.0 Å². The molecule has 0 aliphatic rings. The SMILES string of the molecule is CO[Si](CCCN(CCC[Si](OC)(OC)OC)S(C)(=O)=O)(OC)OC. The molecule has 12 heteroatoms. The van der Waals surface area contributed by atoms with Crippen molar-refractivity contribution in [3.05, 3.63) is 0 Å². The molecule has 0 aliphatic heterocycles. The first kappa shape index (κ1) is 25.1. The lowest BCUT2D eigenvalue weighted by Gasteiger charge is -2.27. The standard InChI is InChI=1S/C13H33NO8SSi2/c1-17-24(18-2,19-3)12-8-10-14(23(7,15)16)11-9-13-25(20-4,21-5)22-6/h8-13H2,1-7H3. The molecule has 0 rings (SSSR count). The zero-order valence-corrected chi connectivity index (χ0v) is 19.2. The van der Waals surface area contributed by atoms with Crippen molar-refractivity contribution in [2.24, 2.45) is 0 Å². The average molecular weight is 420 g/mol. The number of hydrogen-bond acceptors (Lipinski definition) is 8. The van der Waals surface area contributed by atoms with Crippen LogP contribution < -0.4 is 0 Å². The highest BCUT2D eigenvalue weighted by Crippen LogP contribution is 2.18. The molecule has 0 aromatic carbocycles. The summed E-state index contributed by atoms with van der Waals surface area (Å²) >= 11 is 0. The zero-order valence-electron chi connectivity index (χ0n) is 16.4. The van der Waals surface area contributed by atoms with Gasteiger partial charge < -0.3 is 26.6 Å². The van der Waals surface area contributed by atoms with Crippen molar-refractivity contribution >= 4 is 27.6 Å². The van der Waals surface area contributed by atoms with E-state index in [4.69, 9.17) is 26.6 Å². The van der Waals surface area contributed by atoms with Crippen LogP contribution in [0.1, 0.15) is 12.8 Å². The van der Waals surface area contributed by atoms with E-state index in [9.17, 15) is 8.42 Å². The molecular weight excluding hydrogens is 386 g/mol. The van der Waals surface area contributed by atoms with Gasteiger partial charge in [0, 0.05) is 67.8 Å². The van der Waals surface area contributed by atoms with E-state index in [0.29, 0.717) is 38.0 Å². The zero-order chi connectivity index (χ0) is 19.6. The van der Waals surface area contributed by atoms with Gasteiger partial charge in [-0.05, 0) is 12.8 Å². The first-order valence-electron chi connectivity index (χ1n) is 7.94. The summed E-state index contributed by atoms with van der Waals surface area (Å²) < 4.78 is 57.6. The number of nitrogens with zero attached hydrogens (tertiary/aromatic N) is 1. The summed E-state index contributed by atoms with van der Waals surface area (Å²) in [6.07, 6.45) is 2.36. The molecule has 9 nitrogen and oxygen atoms in total. The molecule has 0 atom stereocenters. The van der Waals surface area contributed by atoms with E-state index in [-0.39, 0.29) is 0 Å². The molecule has 0 heterocycles. The van der Waals surface area contributed by atoms with Gasteiger partial charge in [0.15, 0.2) is 0 Å². The second-order valence-electron chi connectivity index (χ2n) is 5.46. The van der Waals surface area contributed by atoms with E-state index < -0.39 is 27.6 Å². The molecule has 0 fully saturated rings. The second kappa shape index (κ2) is 11.7. The van der Waals surface area contributed by atoms with E-state index >= 15 is 0 Å². The molecule has 0 unspecified atom stereocenters. The van der Waals surface area contributed by atoms with Crippen molar-refractivity contribution in [3.63, 3.8) is 0 Å². The first-order valence-corrected chi connectivity index (χ1v) is 13.6. The maximum Gasteiger partial charge on any atom is 0.500 e. The van der Waals surface area contributed by atoms with E-state index in [1.807, 2.05) is 0 Å². The van der Waals surface area contributed by atoms with Crippen LogP contribution in [0.3, 0.4) is 0 Å². The van der Waals surface area contributed by atoms with Crippen molar-refractivity contribution in [2.45, 2.75) is 24.9 Å². The van der Waals surface area contributed by atoms with Gasteiger partial charge >= 0.3 is 17.6 Å². The molecular formula is C13H33NO8SSi2. The van der Waals surface area contributed by atoms with Crippen molar-refractivity contribution in [2.75, 3.05) is 62.0 Å².